The highest BCUT2D eigenvalue weighted by Gasteiger charge is 2.27. The van der Waals surface area contributed by atoms with Gasteiger partial charge in [-0.05, 0) is 25.7 Å². The molecule has 1 aromatic rings. The van der Waals surface area contributed by atoms with Gasteiger partial charge in [-0.1, -0.05) is 25.6 Å². The molecule has 2 aliphatic rings. The minimum atomic E-state index is 0.481. The first kappa shape index (κ1) is 14.0. The Balaban J connectivity index is 1.96. The van der Waals surface area contributed by atoms with Crippen LogP contribution in [0.1, 0.15) is 48.5 Å². The van der Waals surface area contributed by atoms with Gasteiger partial charge in [0.25, 0.3) is 0 Å². The molecule has 1 saturated heterocycles. The molecule has 0 amide bonds. The molecule has 2 unspecified atom stereocenters. The summed E-state index contributed by atoms with van der Waals surface area (Å²) in [5.41, 5.74) is 2.69. The van der Waals surface area contributed by atoms with Gasteiger partial charge in [0.15, 0.2) is 0 Å². The molecule has 0 bridgehead atoms. The second kappa shape index (κ2) is 6.19. The summed E-state index contributed by atoms with van der Waals surface area (Å²) in [5, 5.41) is 1.11. The van der Waals surface area contributed by atoms with Gasteiger partial charge in [-0.25, -0.2) is 4.98 Å². The highest BCUT2D eigenvalue weighted by molar-refractivity contribution is 8.06. The van der Waals surface area contributed by atoms with E-state index in [9.17, 15) is 0 Å². The van der Waals surface area contributed by atoms with Crippen LogP contribution in [-0.4, -0.2) is 26.7 Å². The molecule has 5 heteroatoms. The summed E-state index contributed by atoms with van der Waals surface area (Å²) in [5.74, 6) is 3.60. The highest BCUT2D eigenvalue weighted by Crippen LogP contribution is 2.41. The molecule has 0 saturated carbocycles. The summed E-state index contributed by atoms with van der Waals surface area (Å²) in [6.07, 6.45) is 6.12. The lowest BCUT2D eigenvalue weighted by Crippen LogP contribution is -2.19. The molecule has 0 radical (unpaired) electrons. The van der Waals surface area contributed by atoms with Crippen molar-refractivity contribution < 1.29 is 0 Å². The van der Waals surface area contributed by atoms with Crippen LogP contribution in [0.3, 0.4) is 0 Å². The van der Waals surface area contributed by atoms with Gasteiger partial charge in [-0.15, -0.1) is 11.8 Å². The quantitative estimate of drug-likeness (QED) is 0.617. The summed E-state index contributed by atoms with van der Waals surface area (Å²) in [4.78, 5) is 8.36. The van der Waals surface area contributed by atoms with Crippen molar-refractivity contribution in [2.24, 2.45) is 0 Å². The second-order valence-electron chi connectivity index (χ2n) is 5.31. The molecule has 0 spiro atoms. The Morgan fingerprint density at radius 1 is 1.16 bits per heavy atom. The van der Waals surface area contributed by atoms with E-state index < -0.39 is 0 Å². The number of aromatic nitrogens is 2. The maximum atomic E-state index is 5.55. The lowest BCUT2D eigenvalue weighted by Gasteiger charge is -2.27. The van der Waals surface area contributed by atoms with Crippen LogP contribution < -0.4 is 0 Å². The third-order valence-corrected chi connectivity index (χ3v) is 7.37. The summed E-state index contributed by atoms with van der Waals surface area (Å²) in [6.45, 7) is 2.31. The van der Waals surface area contributed by atoms with Crippen molar-refractivity contribution in [3.63, 3.8) is 0 Å². The van der Waals surface area contributed by atoms with Crippen LogP contribution in [0.5, 0.6) is 0 Å². The van der Waals surface area contributed by atoms with Gasteiger partial charge in [0, 0.05) is 28.0 Å². The zero-order valence-corrected chi connectivity index (χ0v) is 13.7. The molecule has 2 nitrogen and oxygen atoms in total. The molecule has 2 atom stereocenters. The van der Waals surface area contributed by atoms with Crippen LogP contribution in [0, 0.1) is 4.64 Å². The second-order valence-corrected chi connectivity index (χ2v) is 8.43. The van der Waals surface area contributed by atoms with Crippen LogP contribution in [0.15, 0.2) is 0 Å². The molecule has 1 fully saturated rings. The van der Waals surface area contributed by atoms with Crippen molar-refractivity contribution in [1.29, 1.82) is 0 Å². The van der Waals surface area contributed by atoms with Gasteiger partial charge in [0.1, 0.15) is 10.5 Å². The van der Waals surface area contributed by atoms with E-state index in [1.807, 2.05) is 11.8 Å². The van der Waals surface area contributed by atoms with E-state index in [0.29, 0.717) is 10.5 Å². The first-order chi connectivity index (χ1) is 9.25. The molecule has 104 valence electrons. The lowest BCUT2D eigenvalue weighted by molar-refractivity contribution is 0.707. The first-order valence-electron chi connectivity index (χ1n) is 7.11. The van der Waals surface area contributed by atoms with Gasteiger partial charge in [-0.2, -0.15) is 11.8 Å². The maximum absolute atomic E-state index is 5.55. The zero-order chi connectivity index (χ0) is 13.2. The first-order valence-corrected chi connectivity index (χ1v) is 9.61. The Morgan fingerprint density at radius 3 is 2.79 bits per heavy atom. The van der Waals surface area contributed by atoms with Crippen LogP contribution in [0.2, 0.25) is 0 Å². The number of thioether (sulfide) groups is 2. The minimum Gasteiger partial charge on any atom is -0.346 e. The van der Waals surface area contributed by atoms with E-state index in [0.717, 1.165) is 23.3 Å². The Kier molecular flexibility index (Phi) is 4.54. The molecule has 1 N–H and O–H groups in total. The third-order valence-electron chi connectivity index (χ3n) is 3.93. The fraction of sp³-hybridized carbons (Fsp3) is 0.714. The highest BCUT2D eigenvalue weighted by atomic mass is 32.2. The fourth-order valence-electron chi connectivity index (χ4n) is 2.88. The van der Waals surface area contributed by atoms with E-state index >= 15 is 0 Å². The summed E-state index contributed by atoms with van der Waals surface area (Å²) >= 11 is 9.63. The van der Waals surface area contributed by atoms with Gasteiger partial charge in [0.05, 0.1) is 5.25 Å². The van der Waals surface area contributed by atoms with E-state index in [-0.39, 0.29) is 0 Å². The van der Waals surface area contributed by atoms with E-state index in [4.69, 9.17) is 17.2 Å². The predicted molar refractivity (Wildman–Crippen MR) is 87.8 cm³/mol. The number of hydrogen-bond donors (Lipinski definition) is 1. The Morgan fingerprint density at radius 2 is 1.95 bits per heavy atom. The predicted octanol–water partition coefficient (Wildman–Crippen LogP) is 4.32. The lowest BCUT2D eigenvalue weighted by atomic mass is 10.1. The van der Waals surface area contributed by atoms with Crippen LogP contribution in [-0.2, 0) is 12.8 Å². The van der Waals surface area contributed by atoms with Crippen molar-refractivity contribution in [2.45, 2.75) is 49.5 Å². The molecule has 2 heterocycles. The number of fused-ring (bicyclic) bond motifs is 1. The summed E-state index contributed by atoms with van der Waals surface area (Å²) in [7, 11) is 0. The van der Waals surface area contributed by atoms with Crippen LogP contribution in [0.25, 0.3) is 0 Å². The maximum Gasteiger partial charge on any atom is 0.133 e. The number of aryl methyl sites for hydroxylation is 1. The number of nitrogens with zero attached hydrogens (tertiary/aromatic N) is 1. The zero-order valence-electron chi connectivity index (χ0n) is 11.3. The Labute approximate surface area is 128 Å². The molecular formula is C14H20N2S3. The smallest absolute Gasteiger partial charge is 0.133 e. The van der Waals surface area contributed by atoms with Crippen molar-refractivity contribution in [1.82, 2.24) is 9.97 Å². The minimum absolute atomic E-state index is 0.481. The van der Waals surface area contributed by atoms with Crippen LogP contribution >= 0.6 is 35.7 Å². The monoisotopic (exact) mass is 312 g/mol. The van der Waals surface area contributed by atoms with Gasteiger partial charge in [-0.3, -0.25) is 0 Å². The van der Waals surface area contributed by atoms with Crippen LogP contribution in [0.4, 0.5) is 0 Å². The van der Waals surface area contributed by atoms with Gasteiger partial charge < -0.3 is 4.98 Å². The number of rotatable bonds is 1. The summed E-state index contributed by atoms with van der Waals surface area (Å²) in [6, 6.07) is 0. The molecular weight excluding hydrogens is 292 g/mol. The van der Waals surface area contributed by atoms with E-state index in [2.05, 4.69) is 23.7 Å². The summed E-state index contributed by atoms with van der Waals surface area (Å²) < 4.78 is 0.856. The molecule has 1 aliphatic heterocycles. The standard InChI is InChI=1S/C14H20N2S3/c1-9-12(19-8-7-18-9)13-15-11-6-4-2-3-5-10(11)14(17)16-13/h9,12H,2-8H2,1H3,(H,15,16,17). The Hall–Kier alpha value is -0.0000000000000000555. The van der Waals surface area contributed by atoms with Gasteiger partial charge >= 0.3 is 0 Å². The van der Waals surface area contributed by atoms with Crippen molar-refractivity contribution in [3.05, 3.63) is 21.7 Å². The number of nitrogens with one attached hydrogen (secondary N) is 1. The Bertz CT molecular complexity index is 512. The molecule has 19 heavy (non-hydrogen) atoms. The molecule has 3 rings (SSSR count). The van der Waals surface area contributed by atoms with E-state index in [1.54, 1.807) is 0 Å². The molecule has 0 aromatic carbocycles. The fourth-order valence-corrected chi connectivity index (χ4v) is 5.92. The van der Waals surface area contributed by atoms with E-state index in [1.165, 1.54) is 42.0 Å². The average Bonchev–Trinajstić information content (AvgIpc) is 2.65. The van der Waals surface area contributed by atoms with Gasteiger partial charge in [0.2, 0.25) is 0 Å². The van der Waals surface area contributed by atoms with Crippen molar-refractivity contribution in [2.75, 3.05) is 11.5 Å². The largest absolute Gasteiger partial charge is 0.346 e. The van der Waals surface area contributed by atoms with Crippen molar-refractivity contribution >= 4 is 35.7 Å². The average molecular weight is 313 g/mol. The molecule has 1 aliphatic carbocycles. The normalized spacial score (nSPS) is 27.6. The number of H-pyrrole nitrogens is 1. The third kappa shape index (κ3) is 3.03. The number of hydrogen-bond acceptors (Lipinski definition) is 4. The molecule has 1 aromatic heterocycles. The number of aromatic amines is 1. The SMILES string of the molecule is CC1SCCSC1c1nc(=S)c2c([nH]1)CCCCC2. The van der Waals surface area contributed by atoms with Crippen molar-refractivity contribution in [3.8, 4) is 0 Å². The topological polar surface area (TPSA) is 28.7 Å².